The zero-order valence-corrected chi connectivity index (χ0v) is 20.9. The molecule has 0 atom stereocenters. The molecule has 4 nitrogen and oxygen atoms in total. The van der Waals surface area contributed by atoms with Crippen molar-refractivity contribution in [2.24, 2.45) is 0 Å². The van der Waals surface area contributed by atoms with Crippen molar-refractivity contribution in [1.29, 1.82) is 0 Å². The van der Waals surface area contributed by atoms with Crippen molar-refractivity contribution in [3.63, 3.8) is 0 Å². The quantitative estimate of drug-likeness (QED) is 0.240. The summed E-state index contributed by atoms with van der Waals surface area (Å²) in [6.07, 6.45) is 0. The molecule has 0 aliphatic heterocycles. The molecule has 0 aliphatic carbocycles. The summed E-state index contributed by atoms with van der Waals surface area (Å²) in [6, 6.07) is 39.1. The van der Waals surface area contributed by atoms with Crippen molar-refractivity contribution >= 4 is 53.4 Å². The van der Waals surface area contributed by atoms with Crippen LogP contribution in [-0.4, -0.2) is 15.0 Å². The molecular weight excluding hydrogens is 486 g/mol. The number of hydrogen-bond donors (Lipinski definition) is 0. The summed E-state index contributed by atoms with van der Waals surface area (Å²) >= 11 is 1.75. The van der Waals surface area contributed by atoms with Gasteiger partial charge in [-0.15, -0.1) is 11.3 Å². The summed E-state index contributed by atoms with van der Waals surface area (Å²) in [5, 5.41) is 4.44. The number of fused-ring (bicyclic) bond motifs is 7. The first-order valence-electron chi connectivity index (χ1n) is 12.5. The average molecular weight is 506 g/mol. The summed E-state index contributed by atoms with van der Waals surface area (Å²) in [5.41, 5.74) is 4.67. The van der Waals surface area contributed by atoms with Gasteiger partial charge in [0.2, 0.25) is 0 Å². The second-order valence-corrected chi connectivity index (χ2v) is 10.3. The fraction of sp³-hybridized carbons (Fsp3) is 0. The highest BCUT2D eigenvalue weighted by molar-refractivity contribution is 7.26. The lowest BCUT2D eigenvalue weighted by Gasteiger charge is -2.09. The van der Waals surface area contributed by atoms with Gasteiger partial charge in [0.15, 0.2) is 17.5 Å². The normalized spacial score (nSPS) is 11.7. The van der Waals surface area contributed by atoms with Gasteiger partial charge < -0.3 is 4.42 Å². The molecule has 0 aliphatic rings. The van der Waals surface area contributed by atoms with E-state index in [9.17, 15) is 0 Å². The van der Waals surface area contributed by atoms with Crippen molar-refractivity contribution in [3.8, 4) is 34.2 Å². The molecular formula is C33H19N3OS. The topological polar surface area (TPSA) is 51.8 Å². The molecule has 178 valence electrons. The SMILES string of the molecule is c1ccc(-c2nc(-c3ccccc3)nc(-c3cc4c5ccccc5oc4c4c3sc3ccccc34)n2)cc1. The number of aromatic nitrogens is 3. The Balaban J connectivity index is 1.51. The average Bonchev–Trinajstić information content (AvgIpc) is 3.56. The number of para-hydroxylation sites is 1. The van der Waals surface area contributed by atoms with Crippen molar-refractivity contribution in [2.45, 2.75) is 0 Å². The second-order valence-electron chi connectivity index (χ2n) is 9.24. The predicted octanol–water partition coefficient (Wildman–Crippen LogP) is 9.14. The van der Waals surface area contributed by atoms with Crippen LogP contribution in [-0.2, 0) is 0 Å². The van der Waals surface area contributed by atoms with E-state index in [1.165, 1.54) is 10.1 Å². The Morgan fingerprint density at radius 1 is 0.526 bits per heavy atom. The molecule has 0 spiro atoms. The molecule has 0 unspecified atom stereocenters. The number of thiophene rings is 1. The van der Waals surface area contributed by atoms with Crippen LogP contribution in [0.4, 0.5) is 0 Å². The van der Waals surface area contributed by atoms with E-state index < -0.39 is 0 Å². The van der Waals surface area contributed by atoms with Crippen LogP contribution in [0.15, 0.2) is 120 Å². The van der Waals surface area contributed by atoms with Crippen molar-refractivity contribution in [3.05, 3.63) is 115 Å². The number of hydrogen-bond acceptors (Lipinski definition) is 5. The van der Waals surface area contributed by atoms with E-state index in [4.69, 9.17) is 19.4 Å². The smallest absolute Gasteiger partial charge is 0.165 e. The van der Waals surface area contributed by atoms with Gasteiger partial charge in [0, 0.05) is 42.9 Å². The molecule has 3 aromatic heterocycles. The van der Waals surface area contributed by atoms with E-state index in [1.54, 1.807) is 11.3 Å². The van der Waals surface area contributed by atoms with E-state index in [0.717, 1.165) is 48.7 Å². The number of benzene rings is 5. The standard InChI is InChI=1S/C33H19N3OS/c1-3-11-20(12-4-1)31-34-32(21-13-5-2-6-14-21)36-33(35-31)25-19-24-22-15-7-9-17-26(22)37-29(24)28-23-16-8-10-18-27(23)38-30(25)28/h1-19H. The lowest BCUT2D eigenvalue weighted by Crippen LogP contribution is -2.00. The molecule has 38 heavy (non-hydrogen) atoms. The Morgan fingerprint density at radius 2 is 1.11 bits per heavy atom. The molecule has 0 radical (unpaired) electrons. The Hall–Kier alpha value is -4.87. The highest BCUT2D eigenvalue weighted by atomic mass is 32.1. The van der Waals surface area contributed by atoms with Gasteiger partial charge in [0.25, 0.3) is 0 Å². The van der Waals surface area contributed by atoms with Gasteiger partial charge in [-0.1, -0.05) is 97.1 Å². The minimum atomic E-state index is 0.654. The maximum Gasteiger partial charge on any atom is 0.165 e. The Bertz CT molecular complexity index is 2070. The van der Waals surface area contributed by atoms with Gasteiger partial charge in [-0.3, -0.25) is 0 Å². The van der Waals surface area contributed by atoms with Crippen LogP contribution in [0.1, 0.15) is 0 Å². The molecule has 0 saturated heterocycles. The lowest BCUT2D eigenvalue weighted by atomic mass is 10.0. The Morgan fingerprint density at radius 3 is 1.82 bits per heavy atom. The van der Waals surface area contributed by atoms with Crippen LogP contribution in [0.25, 0.3) is 76.3 Å². The van der Waals surface area contributed by atoms with E-state index in [1.807, 2.05) is 72.8 Å². The fourth-order valence-electron chi connectivity index (χ4n) is 5.16. The molecule has 3 heterocycles. The summed E-state index contributed by atoms with van der Waals surface area (Å²) < 4.78 is 8.78. The predicted molar refractivity (Wildman–Crippen MR) is 156 cm³/mol. The van der Waals surface area contributed by atoms with Crippen LogP contribution in [0.3, 0.4) is 0 Å². The molecule has 0 amide bonds. The third kappa shape index (κ3) is 3.26. The van der Waals surface area contributed by atoms with Gasteiger partial charge in [-0.2, -0.15) is 0 Å². The van der Waals surface area contributed by atoms with Crippen molar-refractivity contribution < 1.29 is 4.42 Å². The van der Waals surface area contributed by atoms with E-state index in [0.29, 0.717) is 17.5 Å². The zero-order valence-electron chi connectivity index (χ0n) is 20.1. The number of furan rings is 1. The summed E-state index contributed by atoms with van der Waals surface area (Å²) in [4.78, 5) is 15.0. The Labute approximate surface area is 221 Å². The maximum absolute atomic E-state index is 6.46. The Kier molecular flexibility index (Phi) is 4.66. The third-order valence-corrected chi connectivity index (χ3v) is 8.13. The fourth-order valence-corrected chi connectivity index (χ4v) is 6.37. The minimum absolute atomic E-state index is 0.654. The first-order chi connectivity index (χ1) is 18.8. The van der Waals surface area contributed by atoms with Gasteiger partial charge in [0.1, 0.15) is 11.2 Å². The molecule has 8 aromatic rings. The van der Waals surface area contributed by atoms with Crippen LogP contribution >= 0.6 is 11.3 Å². The van der Waals surface area contributed by atoms with E-state index >= 15 is 0 Å². The van der Waals surface area contributed by atoms with Gasteiger partial charge >= 0.3 is 0 Å². The first kappa shape index (κ1) is 21.2. The molecule has 5 heteroatoms. The van der Waals surface area contributed by atoms with E-state index in [2.05, 4.69) is 42.5 Å². The maximum atomic E-state index is 6.46. The van der Waals surface area contributed by atoms with Gasteiger partial charge in [-0.05, 0) is 18.2 Å². The summed E-state index contributed by atoms with van der Waals surface area (Å²) in [6.45, 7) is 0. The van der Waals surface area contributed by atoms with Gasteiger partial charge in [0.05, 0.1) is 4.70 Å². The van der Waals surface area contributed by atoms with E-state index in [-0.39, 0.29) is 0 Å². The van der Waals surface area contributed by atoms with Gasteiger partial charge in [-0.25, -0.2) is 15.0 Å². The first-order valence-corrected chi connectivity index (χ1v) is 13.3. The third-order valence-electron chi connectivity index (χ3n) is 6.93. The number of rotatable bonds is 3. The van der Waals surface area contributed by atoms with Crippen molar-refractivity contribution in [2.75, 3.05) is 0 Å². The van der Waals surface area contributed by atoms with Crippen LogP contribution in [0, 0.1) is 0 Å². The minimum Gasteiger partial charge on any atom is -0.455 e. The molecule has 8 rings (SSSR count). The zero-order chi connectivity index (χ0) is 25.1. The molecule has 0 saturated carbocycles. The lowest BCUT2D eigenvalue weighted by molar-refractivity contribution is 0.673. The highest BCUT2D eigenvalue weighted by Gasteiger charge is 2.21. The molecule has 0 N–H and O–H groups in total. The van der Waals surface area contributed by atoms with Crippen molar-refractivity contribution in [1.82, 2.24) is 15.0 Å². The summed E-state index contributed by atoms with van der Waals surface area (Å²) in [5.74, 6) is 1.96. The monoisotopic (exact) mass is 505 g/mol. The molecule has 5 aromatic carbocycles. The van der Waals surface area contributed by atoms with Crippen LogP contribution < -0.4 is 0 Å². The number of nitrogens with zero attached hydrogens (tertiary/aromatic N) is 3. The second kappa shape index (κ2) is 8.33. The van der Waals surface area contributed by atoms with Crippen LogP contribution in [0.2, 0.25) is 0 Å². The molecule has 0 fully saturated rings. The summed E-state index contributed by atoms with van der Waals surface area (Å²) in [7, 11) is 0. The highest BCUT2D eigenvalue weighted by Crippen LogP contribution is 2.46. The largest absolute Gasteiger partial charge is 0.455 e. The molecule has 0 bridgehead atoms. The van der Waals surface area contributed by atoms with Crippen LogP contribution in [0.5, 0.6) is 0 Å².